The summed E-state index contributed by atoms with van der Waals surface area (Å²) in [7, 11) is -3.82. The van der Waals surface area contributed by atoms with Crippen molar-refractivity contribution in [1.82, 2.24) is 0 Å². The number of fused-ring (bicyclic) bond motifs is 1. The van der Waals surface area contributed by atoms with Crippen LogP contribution in [0.2, 0.25) is 0 Å². The Balaban J connectivity index is 1.74. The monoisotopic (exact) mass is 643 g/mol. The summed E-state index contributed by atoms with van der Waals surface area (Å²) in [6.07, 6.45) is 2.24. The Morgan fingerprint density at radius 3 is 2.18 bits per heavy atom. The van der Waals surface area contributed by atoms with E-state index in [1.54, 1.807) is 31.2 Å². The van der Waals surface area contributed by atoms with Crippen molar-refractivity contribution in [2.24, 2.45) is 11.3 Å². The first kappa shape index (κ1) is 32.4. The Morgan fingerprint density at radius 2 is 1.60 bits per heavy atom. The first-order valence-electron chi connectivity index (χ1n) is 14.6. The molecule has 0 N–H and O–H groups in total. The number of rotatable bonds is 14. The standard InChI is InChI=1S/C34H33F4NO5S/c1-3-29(40)32-27-14-26(23-5-4-6-24(13-23)30(41)16-34(18-35,19-36)20-37)28(39(45(2,42)43)17-21-7-8-21)15-31(27)44-33(32)22-9-11-25(38)12-10-22/h4-6,9-15,21H,3,7-8,16-20H2,1-2H3. The third-order valence-electron chi connectivity index (χ3n) is 8.18. The zero-order valence-electron chi connectivity index (χ0n) is 24.9. The summed E-state index contributed by atoms with van der Waals surface area (Å²) in [5.41, 5.74) is -0.0589. The number of Topliss-reactive ketones (excluding diaryl/α,β-unsaturated/α-hetero) is 2. The molecule has 45 heavy (non-hydrogen) atoms. The second-order valence-electron chi connectivity index (χ2n) is 11.8. The van der Waals surface area contributed by atoms with Crippen molar-refractivity contribution in [1.29, 1.82) is 0 Å². The number of furan rings is 1. The number of sulfonamides is 1. The van der Waals surface area contributed by atoms with Gasteiger partial charge >= 0.3 is 0 Å². The first-order valence-corrected chi connectivity index (χ1v) is 16.5. The lowest BCUT2D eigenvalue weighted by Crippen LogP contribution is -2.32. The maximum absolute atomic E-state index is 13.7. The molecule has 1 fully saturated rings. The van der Waals surface area contributed by atoms with Gasteiger partial charge < -0.3 is 4.42 Å². The van der Waals surface area contributed by atoms with Crippen LogP contribution in [0.25, 0.3) is 33.4 Å². The van der Waals surface area contributed by atoms with Crippen molar-refractivity contribution >= 4 is 38.2 Å². The Labute approximate surface area is 259 Å². The summed E-state index contributed by atoms with van der Waals surface area (Å²) in [5.74, 6) is -1.04. The molecule has 0 bridgehead atoms. The molecule has 1 heterocycles. The molecule has 0 saturated heterocycles. The minimum atomic E-state index is -3.82. The van der Waals surface area contributed by atoms with Crippen LogP contribution in [-0.4, -0.2) is 52.8 Å². The van der Waals surface area contributed by atoms with Gasteiger partial charge in [0.1, 0.15) is 37.2 Å². The van der Waals surface area contributed by atoms with E-state index < -0.39 is 53.5 Å². The van der Waals surface area contributed by atoms with Gasteiger partial charge in [0, 0.05) is 47.5 Å². The number of anilines is 1. The second-order valence-corrected chi connectivity index (χ2v) is 13.7. The van der Waals surface area contributed by atoms with Crippen molar-refractivity contribution in [2.75, 3.05) is 37.1 Å². The fraction of sp³-hybridized carbons (Fsp3) is 0.353. The molecule has 238 valence electrons. The molecule has 1 saturated carbocycles. The van der Waals surface area contributed by atoms with E-state index in [4.69, 9.17) is 4.42 Å². The summed E-state index contributed by atoms with van der Waals surface area (Å²) >= 11 is 0. The molecule has 0 unspecified atom stereocenters. The lowest BCUT2D eigenvalue weighted by Gasteiger charge is -2.25. The highest BCUT2D eigenvalue weighted by atomic mass is 32.2. The van der Waals surface area contributed by atoms with Crippen molar-refractivity contribution < 1.29 is 40.0 Å². The van der Waals surface area contributed by atoms with Crippen LogP contribution in [0.4, 0.5) is 23.2 Å². The predicted molar refractivity (Wildman–Crippen MR) is 166 cm³/mol. The lowest BCUT2D eigenvalue weighted by atomic mass is 9.84. The van der Waals surface area contributed by atoms with Gasteiger partial charge in [-0.2, -0.15) is 0 Å². The molecule has 0 amide bonds. The lowest BCUT2D eigenvalue weighted by molar-refractivity contribution is 0.0725. The number of alkyl halides is 3. The van der Waals surface area contributed by atoms with Gasteiger partial charge in [0.15, 0.2) is 11.6 Å². The van der Waals surface area contributed by atoms with E-state index in [0.29, 0.717) is 22.1 Å². The van der Waals surface area contributed by atoms with Gasteiger partial charge in [-0.25, -0.2) is 12.8 Å². The Bertz CT molecular complexity index is 1840. The summed E-state index contributed by atoms with van der Waals surface area (Å²) in [4.78, 5) is 26.5. The molecular formula is C34H33F4NO5S. The topological polar surface area (TPSA) is 84.7 Å². The van der Waals surface area contributed by atoms with Crippen LogP contribution in [0.3, 0.4) is 0 Å². The van der Waals surface area contributed by atoms with Crippen LogP contribution in [0.15, 0.2) is 65.1 Å². The largest absolute Gasteiger partial charge is 0.455 e. The number of carbonyl (C=O) groups excluding carboxylic acids is 2. The van der Waals surface area contributed by atoms with Crippen molar-refractivity contribution in [2.45, 2.75) is 32.6 Å². The summed E-state index contributed by atoms with van der Waals surface area (Å²) in [5, 5.41) is 0.392. The van der Waals surface area contributed by atoms with Crippen molar-refractivity contribution in [3.8, 4) is 22.5 Å². The summed E-state index contributed by atoms with van der Waals surface area (Å²) in [6.45, 7) is -2.15. The molecule has 0 radical (unpaired) electrons. The fourth-order valence-electron chi connectivity index (χ4n) is 5.33. The predicted octanol–water partition coefficient (Wildman–Crippen LogP) is 8.14. The van der Waals surface area contributed by atoms with Crippen LogP contribution in [-0.2, 0) is 10.0 Å². The second kappa shape index (κ2) is 12.8. The van der Waals surface area contributed by atoms with Gasteiger partial charge in [-0.3, -0.25) is 27.1 Å². The van der Waals surface area contributed by atoms with Crippen LogP contribution >= 0.6 is 0 Å². The number of carbonyl (C=O) groups is 2. The minimum absolute atomic E-state index is 0.0652. The Morgan fingerprint density at radius 1 is 0.933 bits per heavy atom. The van der Waals surface area contributed by atoms with Gasteiger partial charge in [-0.05, 0) is 60.7 Å². The molecule has 1 aliphatic carbocycles. The normalized spacial score (nSPS) is 13.7. The molecule has 4 aromatic rings. The van der Waals surface area contributed by atoms with E-state index in [1.807, 2.05) is 0 Å². The van der Waals surface area contributed by atoms with E-state index in [-0.39, 0.29) is 52.8 Å². The third-order valence-corrected chi connectivity index (χ3v) is 9.33. The Hall–Kier alpha value is -3.99. The smallest absolute Gasteiger partial charge is 0.232 e. The molecule has 0 atom stereocenters. The molecule has 5 rings (SSSR count). The maximum Gasteiger partial charge on any atom is 0.232 e. The van der Waals surface area contributed by atoms with E-state index >= 15 is 0 Å². The highest BCUT2D eigenvalue weighted by molar-refractivity contribution is 7.92. The van der Waals surface area contributed by atoms with E-state index in [1.165, 1.54) is 40.7 Å². The van der Waals surface area contributed by atoms with E-state index in [9.17, 15) is 35.6 Å². The van der Waals surface area contributed by atoms with Crippen molar-refractivity contribution in [3.63, 3.8) is 0 Å². The minimum Gasteiger partial charge on any atom is -0.455 e. The number of nitrogens with zero attached hydrogens (tertiary/aromatic N) is 1. The highest BCUT2D eigenvalue weighted by Gasteiger charge is 2.35. The first-order chi connectivity index (χ1) is 21.4. The quantitative estimate of drug-likeness (QED) is 0.102. The molecule has 0 aliphatic heterocycles. The van der Waals surface area contributed by atoms with Gasteiger partial charge in [0.2, 0.25) is 10.0 Å². The SMILES string of the molecule is CCC(=O)c1c(-c2ccc(F)cc2)oc2cc(N(CC3CC3)S(C)(=O)=O)c(-c3cccc(C(=O)CC(CF)(CF)CF)c3)cc12. The molecule has 11 heteroatoms. The molecular weight excluding hydrogens is 610 g/mol. The van der Waals surface area contributed by atoms with Crippen LogP contribution in [0.1, 0.15) is 53.3 Å². The Kier molecular flexibility index (Phi) is 9.21. The summed E-state index contributed by atoms with van der Waals surface area (Å²) < 4.78 is 88.3. The average Bonchev–Trinajstić information content (AvgIpc) is 3.79. The zero-order chi connectivity index (χ0) is 32.5. The highest BCUT2D eigenvalue weighted by Crippen LogP contribution is 2.43. The van der Waals surface area contributed by atoms with Gasteiger partial charge in [-0.1, -0.05) is 25.1 Å². The zero-order valence-corrected chi connectivity index (χ0v) is 25.7. The van der Waals surface area contributed by atoms with Gasteiger partial charge in [-0.15, -0.1) is 0 Å². The van der Waals surface area contributed by atoms with Gasteiger partial charge in [0.05, 0.1) is 22.9 Å². The maximum atomic E-state index is 13.7. The van der Waals surface area contributed by atoms with Crippen LogP contribution < -0.4 is 4.31 Å². The molecule has 1 aliphatic rings. The van der Waals surface area contributed by atoms with Gasteiger partial charge in [0.25, 0.3) is 0 Å². The van der Waals surface area contributed by atoms with Crippen molar-refractivity contribution in [3.05, 3.63) is 77.6 Å². The average molecular weight is 644 g/mol. The number of benzene rings is 3. The summed E-state index contributed by atoms with van der Waals surface area (Å²) in [6, 6.07) is 14.7. The van der Waals surface area contributed by atoms with E-state index in [0.717, 1.165) is 19.1 Å². The third kappa shape index (κ3) is 6.68. The fourth-order valence-corrected chi connectivity index (χ4v) is 6.32. The van der Waals surface area contributed by atoms with E-state index in [2.05, 4.69) is 0 Å². The number of ketones is 2. The molecule has 3 aromatic carbocycles. The molecule has 0 spiro atoms. The number of hydrogen-bond acceptors (Lipinski definition) is 5. The molecule has 6 nitrogen and oxygen atoms in total. The number of halogens is 4. The molecule has 1 aromatic heterocycles. The van der Waals surface area contributed by atoms with Crippen LogP contribution in [0.5, 0.6) is 0 Å². The number of hydrogen-bond donors (Lipinski definition) is 0. The van der Waals surface area contributed by atoms with Crippen LogP contribution in [0, 0.1) is 17.2 Å².